The van der Waals surface area contributed by atoms with Crippen molar-refractivity contribution in [3.63, 3.8) is 0 Å². The molecule has 78 valence electrons. The zero-order valence-electron chi connectivity index (χ0n) is 8.26. The van der Waals surface area contributed by atoms with Crippen LogP contribution in [-0.4, -0.2) is 15.0 Å². The van der Waals surface area contributed by atoms with E-state index in [1.165, 1.54) is 16.9 Å². The van der Waals surface area contributed by atoms with Gasteiger partial charge in [0.05, 0.1) is 11.9 Å². The third-order valence-corrected chi connectivity index (χ3v) is 2.12. The first-order chi connectivity index (χ1) is 7.20. The van der Waals surface area contributed by atoms with Crippen molar-refractivity contribution in [2.75, 3.05) is 0 Å². The van der Waals surface area contributed by atoms with E-state index >= 15 is 0 Å². The Labute approximate surface area is 86.5 Å². The van der Waals surface area contributed by atoms with Crippen LogP contribution >= 0.6 is 0 Å². The smallest absolute Gasteiger partial charge is 0.148 e. The maximum atomic E-state index is 13.5. The fourth-order valence-electron chi connectivity index (χ4n) is 1.36. The predicted octanol–water partition coefficient (Wildman–Crippen LogP) is 1.43. The molecule has 2 rings (SSSR count). The lowest BCUT2D eigenvalue weighted by Gasteiger charge is -2.08. The Bertz CT molecular complexity index is 464. The molecule has 0 aliphatic heterocycles. The summed E-state index contributed by atoms with van der Waals surface area (Å²) in [5.74, 6) is -0.343. The number of para-hydroxylation sites is 1. The Morgan fingerprint density at radius 1 is 1.40 bits per heavy atom. The van der Waals surface area contributed by atoms with Gasteiger partial charge < -0.3 is 5.73 Å². The standard InChI is InChI=1S/C10H11FN4/c1-7(12)10-6-13-14-15(10)9-5-3-2-4-8(9)11/h2-7H,12H2,1H3. The van der Waals surface area contributed by atoms with E-state index < -0.39 is 0 Å². The van der Waals surface area contributed by atoms with Crippen LogP contribution in [0.5, 0.6) is 0 Å². The number of nitrogens with zero attached hydrogens (tertiary/aromatic N) is 3. The fourth-order valence-corrected chi connectivity index (χ4v) is 1.36. The van der Waals surface area contributed by atoms with E-state index in [9.17, 15) is 4.39 Å². The first kappa shape index (κ1) is 9.79. The fraction of sp³-hybridized carbons (Fsp3) is 0.200. The maximum Gasteiger partial charge on any atom is 0.148 e. The summed E-state index contributed by atoms with van der Waals surface area (Å²) in [6, 6.07) is 6.14. The molecule has 0 spiro atoms. The van der Waals surface area contributed by atoms with Crippen LogP contribution < -0.4 is 5.73 Å². The molecule has 0 saturated carbocycles. The summed E-state index contributed by atoms with van der Waals surface area (Å²) in [5, 5.41) is 7.54. The molecule has 4 nitrogen and oxygen atoms in total. The van der Waals surface area contributed by atoms with Gasteiger partial charge in [-0.3, -0.25) is 0 Å². The highest BCUT2D eigenvalue weighted by Gasteiger charge is 2.12. The molecule has 1 aromatic heterocycles. The van der Waals surface area contributed by atoms with Crippen molar-refractivity contribution >= 4 is 0 Å². The van der Waals surface area contributed by atoms with Gasteiger partial charge in [-0.1, -0.05) is 17.3 Å². The lowest BCUT2D eigenvalue weighted by molar-refractivity contribution is 0.596. The van der Waals surface area contributed by atoms with E-state index in [0.717, 1.165) is 0 Å². The lowest BCUT2D eigenvalue weighted by Crippen LogP contribution is -2.12. The third kappa shape index (κ3) is 1.73. The topological polar surface area (TPSA) is 56.7 Å². The lowest BCUT2D eigenvalue weighted by atomic mass is 10.2. The molecule has 1 atom stereocenters. The number of benzene rings is 1. The van der Waals surface area contributed by atoms with Crippen molar-refractivity contribution in [3.05, 3.63) is 42.0 Å². The van der Waals surface area contributed by atoms with Gasteiger partial charge in [-0.2, -0.15) is 0 Å². The minimum atomic E-state index is -0.343. The zero-order valence-corrected chi connectivity index (χ0v) is 8.26. The quantitative estimate of drug-likeness (QED) is 0.808. The SMILES string of the molecule is CC(N)c1cnnn1-c1ccccc1F. The van der Waals surface area contributed by atoms with E-state index in [-0.39, 0.29) is 11.9 Å². The Morgan fingerprint density at radius 3 is 2.80 bits per heavy atom. The van der Waals surface area contributed by atoms with Crippen LogP contribution in [0, 0.1) is 5.82 Å². The summed E-state index contributed by atoms with van der Waals surface area (Å²) in [7, 11) is 0. The highest BCUT2D eigenvalue weighted by atomic mass is 19.1. The minimum absolute atomic E-state index is 0.236. The van der Waals surface area contributed by atoms with E-state index in [4.69, 9.17) is 5.73 Å². The van der Waals surface area contributed by atoms with E-state index in [1.807, 2.05) is 0 Å². The van der Waals surface area contributed by atoms with Gasteiger partial charge in [0.2, 0.25) is 0 Å². The zero-order chi connectivity index (χ0) is 10.8. The van der Waals surface area contributed by atoms with Crippen molar-refractivity contribution < 1.29 is 4.39 Å². The van der Waals surface area contributed by atoms with Gasteiger partial charge in [-0.25, -0.2) is 9.07 Å². The molecular weight excluding hydrogens is 195 g/mol. The molecule has 0 amide bonds. The van der Waals surface area contributed by atoms with Gasteiger partial charge in [-0.05, 0) is 19.1 Å². The highest BCUT2D eigenvalue weighted by molar-refractivity contribution is 5.33. The molecular formula is C10H11FN4. The average Bonchev–Trinajstić information content (AvgIpc) is 2.67. The van der Waals surface area contributed by atoms with Crippen molar-refractivity contribution in [1.29, 1.82) is 0 Å². The summed E-state index contributed by atoms with van der Waals surface area (Å²) >= 11 is 0. The monoisotopic (exact) mass is 206 g/mol. The van der Waals surface area contributed by atoms with Crippen molar-refractivity contribution in [2.45, 2.75) is 13.0 Å². The second-order valence-corrected chi connectivity index (χ2v) is 3.31. The molecule has 0 radical (unpaired) electrons. The van der Waals surface area contributed by atoms with Gasteiger partial charge in [0, 0.05) is 6.04 Å². The van der Waals surface area contributed by atoms with Gasteiger partial charge in [-0.15, -0.1) is 5.10 Å². The van der Waals surface area contributed by atoms with Crippen molar-refractivity contribution in [3.8, 4) is 5.69 Å². The molecule has 0 aliphatic rings. The Hall–Kier alpha value is -1.75. The molecule has 0 fully saturated rings. The van der Waals surface area contributed by atoms with Crippen LogP contribution in [0.1, 0.15) is 18.7 Å². The first-order valence-electron chi connectivity index (χ1n) is 4.61. The number of aromatic nitrogens is 3. The van der Waals surface area contributed by atoms with Gasteiger partial charge in [0.15, 0.2) is 0 Å². The summed E-state index contributed by atoms with van der Waals surface area (Å²) in [6.45, 7) is 1.80. The molecule has 5 heteroatoms. The summed E-state index contributed by atoms with van der Waals surface area (Å²) in [5.41, 5.74) is 6.77. The van der Waals surface area contributed by atoms with Gasteiger partial charge in [0.25, 0.3) is 0 Å². The Balaban J connectivity index is 2.55. The molecule has 1 unspecified atom stereocenters. The van der Waals surface area contributed by atoms with Crippen LogP contribution in [-0.2, 0) is 0 Å². The van der Waals surface area contributed by atoms with Gasteiger partial charge >= 0.3 is 0 Å². The molecule has 0 aliphatic carbocycles. The average molecular weight is 206 g/mol. The number of rotatable bonds is 2. The molecule has 0 saturated heterocycles. The number of hydrogen-bond acceptors (Lipinski definition) is 3. The Kier molecular flexibility index (Phi) is 2.47. The van der Waals surface area contributed by atoms with E-state index in [2.05, 4.69) is 10.3 Å². The van der Waals surface area contributed by atoms with Crippen LogP contribution in [0.3, 0.4) is 0 Å². The number of nitrogens with two attached hydrogens (primary N) is 1. The van der Waals surface area contributed by atoms with E-state index in [1.54, 1.807) is 25.1 Å². The first-order valence-corrected chi connectivity index (χ1v) is 4.61. The molecule has 1 aromatic carbocycles. The molecule has 1 heterocycles. The summed E-state index contributed by atoms with van der Waals surface area (Å²) in [6.07, 6.45) is 1.54. The molecule has 15 heavy (non-hydrogen) atoms. The molecule has 2 aromatic rings. The predicted molar refractivity (Wildman–Crippen MR) is 53.9 cm³/mol. The normalized spacial score (nSPS) is 12.7. The number of halogens is 1. The Morgan fingerprint density at radius 2 is 2.13 bits per heavy atom. The second kappa shape index (κ2) is 3.78. The summed E-state index contributed by atoms with van der Waals surface area (Å²) < 4.78 is 14.9. The highest BCUT2D eigenvalue weighted by Crippen LogP contribution is 2.16. The molecule has 2 N–H and O–H groups in total. The second-order valence-electron chi connectivity index (χ2n) is 3.31. The van der Waals surface area contributed by atoms with E-state index in [0.29, 0.717) is 11.4 Å². The van der Waals surface area contributed by atoms with Crippen LogP contribution in [0.15, 0.2) is 30.5 Å². The van der Waals surface area contributed by atoms with Crippen molar-refractivity contribution in [1.82, 2.24) is 15.0 Å². The third-order valence-electron chi connectivity index (χ3n) is 2.12. The minimum Gasteiger partial charge on any atom is -0.323 e. The summed E-state index contributed by atoms with van der Waals surface area (Å²) in [4.78, 5) is 0. The van der Waals surface area contributed by atoms with Crippen molar-refractivity contribution in [2.24, 2.45) is 5.73 Å². The largest absolute Gasteiger partial charge is 0.323 e. The van der Waals surface area contributed by atoms with Crippen LogP contribution in [0.4, 0.5) is 4.39 Å². The van der Waals surface area contributed by atoms with Crippen LogP contribution in [0.25, 0.3) is 5.69 Å². The number of hydrogen-bond donors (Lipinski definition) is 1. The molecule has 0 bridgehead atoms. The maximum absolute atomic E-state index is 13.5. The van der Waals surface area contributed by atoms with Crippen LogP contribution in [0.2, 0.25) is 0 Å². The van der Waals surface area contributed by atoms with Gasteiger partial charge in [0.1, 0.15) is 11.5 Å².